The van der Waals surface area contributed by atoms with Crippen molar-refractivity contribution in [2.24, 2.45) is 16.5 Å². The van der Waals surface area contributed by atoms with Gasteiger partial charge in [0, 0.05) is 5.02 Å². The van der Waals surface area contributed by atoms with Crippen molar-refractivity contribution in [2.75, 3.05) is 0 Å². The molecular formula is C17H15ClF3N3O. The second-order valence-electron chi connectivity index (χ2n) is 5.38. The SMILES string of the molecule is NC(N)=NC(=O)C(Cc1cccc(Cl)c1)c1cccc(C(F)(F)F)c1. The fraction of sp³-hybridized carbons (Fsp3) is 0.176. The Hall–Kier alpha value is -2.54. The molecule has 0 saturated carbocycles. The van der Waals surface area contributed by atoms with Gasteiger partial charge in [-0.1, -0.05) is 41.9 Å². The summed E-state index contributed by atoms with van der Waals surface area (Å²) < 4.78 is 38.9. The molecule has 2 aromatic carbocycles. The predicted octanol–water partition coefficient (Wildman–Crippen LogP) is 3.49. The van der Waals surface area contributed by atoms with E-state index in [1.165, 1.54) is 12.1 Å². The standard InChI is InChI=1S/C17H15ClF3N3O/c18-13-6-1-3-10(7-13)8-14(15(25)24-16(22)23)11-4-2-5-12(9-11)17(19,20)21/h1-7,9,14H,8H2,(H4,22,23,24,25). The van der Waals surface area contributed by atoms with E-state index in [1.54, 1.807) is 24.3 Å². The molecule has 1 amide bonds. The van der Waals surface area contributed by atoms with Crippen LogP contribution in [0.1, 0.15) is 22.6 Å². The van der Waals surface area contributed by atoms with Crippen LogP contribution >= 0.6 is 11.6 Å². The van der Waals surface area contributed by atoms with Crippen molar-refractivity contribution in [1.82, 2.24) is 0 Å². The summed E-state index contributed by atoms with van der Waals surface area (Å²) in [6.45, 7) is 0. The predicted molar refractivity (Wildman–Crippen MR) is 90.2 cm³/mol. The van der Waals surface area contributed by atoms with E-state index in [-0.39, 0.29) is 12.0 Å². The Morgan fingerprint density at radius 1 is 1.12 bits per heavy atom. The van der Waals surface area contributed by atoms with Crippen LogP contribution in [0.4, 0.5) is 13.2 Å². The minimum atomic E-state index is -4.52. The second-order valence-corrected chi connectivity index (χ2v) is 5.82. The molecule has 0 aromatic heterocycles. The zero-order valence-electron chi connectivity index (χ0n) is 12.9. The van der Waals surface area contributed by atoms with Crippen LogP contribution in [0.3, 0.4) is 0 Å². The number of guanidine groups is 1. The Morgan fingerprint density at radius 3 is 2.40 bits per heavy atom. The summed E-state index contributed by atoms with van der Waals surface area (Å²) in [6.07, 6.45) is -4.41. The van der Waals surface area contributed by atoms with Gasteiger partial charge in [0.05, 0.1) is 11.5 Å². The number of benzene rings is 2. The number of amides is 1. The van der Waals surface area contributed by atoms with Gasteiger partial charge in [-0.25, -0.2) is 0 Å². The lowest BCUT2D eigenvalue weighted by atomic mass is 9.90. The van der Waals surface area contributed by atoms with E-state index in [1.807, 2.05) is 0 Å². The van der Waals surface area contributed by atoms with Crippen LogP contribution in [0.25, 0.3) is 0 Å². The van der Waals surface area contributed by atoms with Gasteiger partial charge >= 0.3 is 6.18 Å². The van der Waals surface area contributed by atoms with Crippen LogP contribution in [0.5, 0.6) is 0 Å². The molecule has 0 aliphatic heterocycles. The summed E-state index contributed by atoms with van der Waals surface area (Å²) >= 11 is 5.92. The summed E-state index contributed by atoms with van der Waals surface area (Å²) in [5, 5.41) is 0.453. The molecule has 8 heteroatoms. The molecule has 0 aliphatic rings. The zero-order chi connectivity index (χ0) is 18.6. The van der Waals surface area contributed by atoms with Crippen molar-refractivity contribution in [3.63, 3.8) is 0 Å². The highest BCUT2D eigenvalue weighted by Crippen LogP contribution is 2.32. The molecule has 0 fully saturated rings. The number of carbonyl (C=O) groups excluding carboxylic acids is 1. The number of hydrogen-bond donors (Lipinski definition) is 2. The molecule has 132 valence electrons. The van der Waals surface area contributed by atoms with E-state index in [9.17, 15) is 18.0 Å². The van der Waals surface area contributed by atoms with Crippen LogP contribution < -0.4 is 11.5 Å². The van der Waals surface area contributed by atoms with E-state index in [2.05, 4.69) is 4.99 Å². The highest BCUT2D eigenvalue weighted by atomic mass is 35.5. The molecule has 4 N–H and O–H groups in total. The molecule has 0 bridgehead atoms. The fourth-order valence-electron chi connectivity index (χ4n) is 2.38. The van der Waals surface area contributed by atoms with Gasteiger partial charge in [-0.2, -0.15) is 18.2 Å². The molecule has 0 heterocycles. The van der Waals surface area contributed by atoms with E-state index >= 15 is 0 Å². The first-order chi connectivity index (χ1) is 11.7. The lowest BCUT2D eigenvalue weighted by Crippen LogP contribution is -2.26. The molecule has 0 aliphatic carbocycles. The van der Waals surface area contributed by atoms with Gasteiger partial charge in [-0.05, 0) is 35.7 Å². The van der Waals surface area contributed by atoms with Gasteiger partial charge in [-0.3, -0.25) is 4.79 Å². The van der Waals surface area contributed by atoms with Gasteiger partial charge in [0.2, 0.25) is 0 Å². The molecule has 2 aromatic rings. The summed E-state index contributed by atoms with van der Waals surface area (Å²) in [4.78, 5) is 15.8. The Bertz CT molecular complexity index is 802. The van der Waals surface area contributed by atoms with Crippen molar-refractivity contribution in [3.8, 4) is 0 Å². The largest absolute Gasteiger partial charge is 0.416 e. The number of hydrogen-bond acceptors (Lipinski definition) is 1. The molecular weight excluding hydrogens is 355 g/mol. The van der Waals surface area contributed by atoms with Crippen LogP contribution in [-0.4, -0.2) is 11.9 Å². The van der Waals surface area contributed by atoms with Crippen molar-refractivity contribution in [3.05, 3.63) is 70.2 Å². The third-order valence-corrected chi connectivity index (χ3v) is 3.72. The highest BCUT2D eigenvalue weighted by molar-refractivity contribution is 6.30. The Balaban J connectivity index is 2.44. The monoisotopic (exact) mass is 369 g/mol. The first-order valence-electron chi connectivity index (χ1n) is 7.22. The van der Waals surface area contributed by atoms with Gasteiger partial charge in [0.1, 0.15) is 0 Å². The molecule has 1 unspecified atom stereocenters. The van der Waals surface area contributed by atoms with Gasteiger partial charge in [0.15, 0.2) is 5.96 Å². The van der Waals surface area contributed by atoms with E-state index in [0.717, 1.165) is 12.1 Å². The third-order valence-electron chi connectivity index (χ3n) is 3.48. The number of carbonyl (C=O) groups is 1. The summed E-state index contributed by atoms with van der Waals surface area (Å²) in [5.41, 5.74) is 10.5. The van der Waals surface area contributed by atoms with E-state index in [4.69, 9.17) is 23.1 Å². The topological polar surface area (TPSA) is 81.5 Å². The highest BCUT2D eigenvalue weighted by Gasteiger charge is 2.32. The Labute approximate surface area is 147 Å². The number of alkyl halides is 3. The number of aliphatic imine (C=N–C) groups is 1. The minimum Gasteiger partial charge on any atom is -0.370 e. The lowest BCUT2D eigenvalue weighted by Gasteiger charge is -2.16. The van der Waals surface area contributed by atoms with Crippen LogP contribution in [0, 0.1) is 0 Å². The Morgan fingerprint density at radius 2 is 1.80 bits per heavy atom. The molecule has 25 heavy (non-hydrogen) atoms. The molecule has 4 nitrogen and oxygen atoms in total. The number of nitrogens with two attached hydrogens (primary N) is 2. The summed E-state index contributed by atoms with van der Waals surface area (Å²) in [5.74, 6) is -2.14. The van der Waals surface area contributed by atoms with Crippen LogP contribution in [-0.2, 0) is 17.4 Å². The molecule has 2 rings (SSSR count). The second kappa shape index (κ2) is 7.57. The van der Waals surface area contributed by atoms with Crippen molar-refractivity contribution in [1.29, 1.82) is 0 Å². The average molecular weight is 370 g/mol. The van der Waals surface area contributed by atoms with Crippen molar-refractivity contribution >= 4 is 23.5 Å². The lowest BCUT2D eigenvalue weighted by molar-refractivity contribution is -0.137. The zero-order valence-corrected chi connectivity index (χ0v) is 13.7. The van der Waals surface area contributed by atoms with Gasteiger partial charge in [-0.15, -0.1) is 0 Å². The van der Waals surface area contributed by atoms with E-state index in [0.29, 0.717) is 10.6 Å². The van der Waals surface area contributed by atoms with Gasteiger partial charge < -0.3 is 11.5 Å². The fourth-order valence-corrected chi connectivity index (χ4v) is 2.60. The molecule has 0 radical (unpaired) electrons. The number of rotatable bonds is 4. The smallest absolute Gasteiger partial charge is 0.370 e. The maximum Gasteiger partial charge on any atom is 0.416 e. The number of halogens is 4. The summed E-state index contributed by atoms with van der Waals surface area (Å²) in [6, 6.07) is 11.2. The quantitative estimate of drug-likeness (QED) is 0.639. The Kier molecular flexibility index (Phi) is 5.69. The first kappa shape index (κ1) is 18.8. The van der Waals surface area contributed by atoms with Crippen molar-refractivity contribution in [2.45, 2.75) is 18.5 Å². The molecule has 0 saturated heterocycles. The average Bonchev–Trinajstić information content (AvgIpc) is 2.51. The molecule has 1 atom stereocenters. The normalized spacial score (nSPS) is 12.5. The molecule has 0 spiro atoms. The van der Waals surface area contributed by atoms with Crippen LogP contribution in [0.2, 0.25) is 5.02 Å². The maximum absolute atomic E-state index is 13.0. The minimum absolute atomic E-state index is 0.109. The van der Waals surface area contributed by atoms with E-state index < -0.39 is 29.5 Å². The first-order valence-corrected chi connectivity index (χ1v) is 7.59. The van der Waals surface area contributed by atoms with Crippen LogP contribution in [0.15, 0.2) is 53.5 Å². The third kappa shape index (κ3) is 5.22. The maximum atomic E-state index is 13.0. The number of nitrogens with zero attached hydrogens (tertiary/aromatic N) is 1. The summed E-state index contributed by atoms with van der Waals surface area (Å²) in [7, 11) is 0. The van der Waals surface area contributed by atoms with Gasteiger partial charge in [0.25, 0.3) is 5.91 Å². The van der Waals surface area contributed by atoms with Crippen molar-refractivity contribution < 1.29 is 18.0 Å².